The summed E-state index contributed by atoms with van der Waals surface area (Å²) in [5.41, 5.74) is 2.21. The highest BCUT2D eigenvalue weighted by molar-refractivity contribution is 6.04. The van der Waals surface area contributed by atoms with Crippen molar-refractivity contribution in [2.45, 2.75) is 20.8 Å². The lowest BCUT2D eigenvalue weighted by atomic mass is 10.2. The maximum atomic E-state index is 12.4. The fraction of sp³-hybridized carbons (Fsp3) is 0.263. The second kappa shape index (κ2) is 8.31. The minimum absolute atomic E-state index is 0.269. The van der Waals surface area contributed by atoms with E-state index in [1.165, 1.54) is 12.4 Å². The number of carbonyl (C=O) groups is 1. The number of benzene rings is 1. The highest BCUT2D eigenvalue weighted by Gasteiger charge is 2.09. The van der Waals surface area contributed by atoms with E-state index in [0.717, 1.165) is 24.5 Å². The molecule has 0 saturated heterocycles. The Bertz CT molecular complexity index is 885. The van der Waals surface area contributed by atoms with Gasteiger partial charge in [0, 0.05) is 42.9 Å². The van der Waals surface area contributed by atoms with Crippen LogP contribution in [0.4, 0.5) is 23.1 Å². The van der Waals surface area contributed by atoms with Gasteiger partial charge in [0.05, 0.1) is 5.56 Å². The van der Waals surface area contributed by atoms with Gasteiger partial charge in [-0.05, 0) is 45.0 Å². The molecule has 8 heteroatoms. The minimum atomic E-state index is -0.269. The van der Waals surface area contributed by atoms with E-state index in [0.29, 0.717) is 23.1 Å². The predicted molar refractivity (Wildman–Crippen MR) is 105 cm³/mol. The smallest absolute Gasteiger partial charge is 0.258 e. The zero-order valence-electron chi connectivity index (χ0n) is 15.6. The molecule has 27 heavy (non-hydrogen) atoms. The largest absolute Gasteiger partial charge is 0.372 e. The van der Waals surface area contributed by atoms with E-state index in [1.807, 2.05) is 24.3 Å². The molecule has 3 aromatic rings. The minimum Gasteiger partial charge on any atom is -0.372 e. The molecular formula is C19H22N6O2. The van der Waals surface area contributed by atoms with Gasteiger partial charge in [0.15, 0.2) is 5.82 Å². The van der Waals surface area contributed by atoms with Crippen LogP contribution in [0, 0.1) is 6.92 Å². The van der Waals surface area contributed by atoms with Crippen LogP contribution in [0.15, 0.2) is 47.2 Å². The first-order chi connectivity index (χ1) is 13.1. The normalized spacial score (nSPS) is 10.5. The lowest BCUT2D eigenvalue weighted by Crippen LogP contribution is -2.21. The number of nitrogens with one attached hydrogen (secondary N) is 2. The third-order valence-corrected chi connectivity index (χ3v) is 4.04. The predicted octanol–water partition coefficient (Wildman–Crippen LogP) is 3.62. The lowest BCUT2D eigenvalue weighted by molar-refractivity contribution is 0.102. The average Bonchev–Trinajstić information content (AvgIpc) is 3.09. The Labute approximate surface area is 157 Å². The van der Waals surface area contributed by atoms with Crippen LogP contribution >= 0.6 is 0 Å². The summed E-state index contributed by atoms with van der Waals surface area (Å²) in [7, 11) is 0. The van der Waals surface area contributed by atoms with E-state index in [1.54, 1.807) is 13.0 Å². The molecule has 0 saturated carbocycles. The Morgan fingerprint density at radius 2 is 1.78 bits per heavy atom. The van der Waals surface area contributed by atoms with Crippen molar-refractivity contribution in [3.05, 3.63) is 54.0 Å². The van der Waals surface area contributed by atoms with Gasteiger partial charge in [0.25, 0.3) is 5.91 Å². The molecule has 0 unspecified atom stereocenters. The van der Waals surface area contributed by atoms with Gasteiger partial charge in [-0.1, -0.05) is 5.16 Å². The molecule has 0 spiro atoms. The summed E-state index contributed by atoms with van der Waals surface area (Å²) in [6.07, 6.45) is 2.92. The summed E-state index contributed by atoms with van der Waals surface area (Å²) in [6.45, 7) is 7.89. The van der Waals surface area contributed by atoms with Gasteiger partial charge < -0.3 is 20.1 Å². The van der Waals surface area contributed by atoms with Crippen LogP contribution in [0.25, 0.3) is 0 Å². The molecule has 3 rings (SSSR count). The van der Waals surface area contributed by atoms with Crippen molar-refractivity contribution in [3.8, 4) is 0 Å². The summed E-state index contributed by atoms with van der Waals surface area (Å²) in [6, 6.07) is 9.48. The van der Waals surface area contributed by atoms with Gasteiger partial charge in [0.1, 0.15) is 5.76 Å². The number of hydrogen-bond acceptors (Lipinski definition) is 7. The summed E-state index contributed by atoms with van der Waals surface area (Å²) in [5, 5.41) is 9.56. The van der Waals surface area contributed by atoms with E-state index in [4.69, 9.17) is 4.52 Å². The number of anilines is 4. The molecular weight excluding hydrogens is 344 g/mol. The molecule has 1 amide bonds. The molecule has 2 heterocycles. The van der Waals surface area contributed by atoms with Crippen LogP contribution in [-0.2, 0) is 0 Å². The van der Waals surface area contributed by atoms with E-state index >= 15 is 0 Å². The number of rotatable bonds is 7. The van der Waals surface area contributed by atoms with Crippen LogP contribution in [0.2, 0.25) is 0 Å². The summed E-state index contributed by atoms with van der Waals surface area (Å²) < 4.78 is 4.97. The third kappa shape index (κ3) is 4.60. The molecule has 2 aromatic heterocycles. The van der Waals surface area contributed by atoms with Crippen LogP contribution in [-0.4, -0.2) is 34.1 Å². The molecule has 140 valence electrons. The number of hydrogen-bond donors (Lipinski definition) is 2. The summed E-state index contributed by atoms with van der Waals surface area (Å²) in [5.74, 6) is 1.26. The maximum Gasteiger partial charge on any atom is 0.258 e. The Hall–Kier alpha value is -3.42. The topological polar surface area (TPSA) is 96.2 Å². The molecule has 0 aliphatic heterocycles. The van der Waals surface area contributed by atoms with Crippen LogP contribution in [0.3, 0.4) is 0 Å². The molecule has 0 atom stereocenters. The second-order valence-electron chi connectivity index (χ2n) is 5.92. The molecule has 0 radical (unpaired) electrons. The lowest BCUT2D eigenvalue weighted by Gasteiger charge is -2.21. The fourth-order valence-electron chi connectivity index (χ4n) is 2.60. The van der Waals surface area contributed by atoms with E-state index in [2.05, 4.69) is 44.5 Å². The van der Waals surface area contributed by atoms with Crippen LogP contribution < -0.4 is 15.5 Å². The highest BCUT2D eigenvalue weighted by atomic mass is 16.5. The fourth-order valence-corrected chi connectivity index (χ4v) is 2.60. The highest BCUT2D eigenvalue weighted by Crippen LogP contribution is 2.18. The molecule has 1 aromatic carbocycles. The number of nitrogens with zero attached hydrogens (tertiary/aromatic N) is 4. The number of amides is 1. The van der Waals surface area contributed by atoms with Crippen molar-refractivity contribution in [2.75, 3.05) is 28.6 Å². The second-order valence-corrected chi connectivity index (χ2v) is 5.92. The molecule has 0 fully saturated rings. The first-order valence-corrected chi connectivity index (χ1v) is 8.77. The maximum absolute atomic E-state index is 12.4. The van der Waals surface area contributed by atoms with Crippen molar-refractivity contribution in [3.63, 3.8) is 0 Å². The van der Waals surface area contributed by atoms with Crippen molar-refractivity contribution in [1.29, 1.82) is 0 Å². The monoisotopic (exact) mass is 366 g/mol. The van der Waals surface area contributed by atoms with Gasteiger partial charge in [-0.2, -0.15) is 0 Å². The quantitative estimate of drug-likeness (QED) is 0.659. The first kappa shape index (κ1) is 18.4. The molecule has 0 aliphatic carbocycles. The van der Waals surface area contributed by atoms with Crippen molar-refractivity contribution < 1.29 is 9.32 Å². The van der Waals surface area contributed by atoms with Crippen molar-refractivity contribution >= 4 is 29.0 Å². The number of aromatic nitrogens is 3. The van der Waals surface area contributed by atoms with Gasteiger partial charge in [0.2, 0.25) is 5.95 Å². The first-order valence-electron chi connectivity index (χ1n) is 8.77. The SMILES string of the molecule is CCN(CC)c1ccc(NC(=O)c2cnc(Nc3cc(C)on3)nc2)cc1. The Morgan fingerprint density at radius 3 is 2.33 bits per heavy atom. The number of aryl methyl sites for hydroxylation is 1. The van der Waals surface area contributed by atoms with Crippen LogP contribution in [0.5, 0.6) is 0 Å². The van der Waals surface area contributed by atoms with E-state index in [9.17, 15) is 4.79 Å². The van der Waals surface area contributed by atoms with Crippen LogP contribution in [0.1, 0.15) is 30.0 Å². The van der Waals surface area contributed by atoms with E-state index < -0.39 is 0 Å². The van der Waals surface area contributed by atoms with E-state index in [-0.39, 0.29) is 5.91 Å². The average molecular weight is 366 g/mol. The van der Waals surface area contributed by atoms with Gasteiger partial charge >= 0.3 is 0 Å². The zero-order valence-corrected chi connectivity index (χ0v) is 15.6. The Kier molecular flexibility index (Phi) is 5.65. The van der Waals surface area contributed by atoms with Gasteiger partial charge in [-0.15, -0.1) is 0 Å². The summed E-state index contributed by atoms with van der Waals surface area (Å²) >= 11 is 0. The Morgan fingerprint density at radius 1 is 1.11 bits per heavy atom. The van der Waals surface area contributed by atoms with Crippen molar-refractivity contribution in [1.82, 2.24) is 15.1 Å². The van der Waals surface area contributed by atoms with Gasteiger partial charge in [-0.3, -0.25) is 4.79 Å². The Balaban J connectivity index is 1.62. The molecule has 0 bridgehead atoms. The van der Waals surface area contributed by atoms with Crippen molar-refractivity contribution in [2.24, 2.45) is 0 Å². The molecule has 0 aliphatic rings. The molecule has 8 nitrogen and oxygen atoms in total. The zero-order chi connectivity index (χ0) is 19.2. The number of carbonyl (C=O) groups excluding carboxylic acids is 1. The summed E-state index contributed by atoms with van der Waals surface area (Å²) in [4.78, 5) is 22.9. The molecule has 2 N–H and O–H groups in total. The third-order valence-electron chi connectivity index (χ3n) is 4.04. The van der Waals surface area contributed by atoms with Gasteiger partial charge in [-0.25, -0.2) is 9.97 Å². The standard InChI is InChI=1S/C19H22N6O2/c1-4-25(5-2)16-8-6-15(7-9-16)22-18(26)14-11-20-19(21-12-14)23-17-10-13(3)27-24-17/h6-12H,4-5H2,1-3H3,(H,22,26)(H,20,21,23,24).